The third kappa shape index (κ3) is 3.75. The molecule has 142 valence electrons. The fourth-order valence-corrected chi connectivity index (χ4v) is 4.16. The van der Waals surface area contributed by atoms with Crippen molar-refractivity contribution in [1.82, 2.24) is 15.1 Å². The van der Waals surface area contributed by atoms with Gasteiger partial charge in [-0.15, -0.1) is 11.3 Å². The quantitative estimate of drug-likeness (QED) is 0.684. The van der Waals surface area contributed by atoms with Crippen molar-refractivity contribution in [3.05, 3.63) is 32.6 Å². The summed E-state index contributed by atoms with van der Waals surface area (Å²) in [6.07, 6.45) is -4.67. The van der Waals surface area contributed by atoms with Crippen LogP contribution in [-0.4, -0.2) is 27.4 Å². The van der Waals surface area contributed by atoms with E-state index in [1.54, 1.807) is 32.9 Å². The van der Waals surface area contributed by atoms with E-state index in [0.29, 0.717) is 0 Å². The van der Waals surface area contributed by atoms with Crippen molar-refractivity contribution in [1.29, 1.82) is 0 Å². The number of amides is 1. The van der Waals surface area contributed by atoms with Crippen LogP contribution in [0, 0.1) is 0 Å². The number of thiophene rings is 1. The first kappa shape index (κ1) is 19.2. The van der Waals surface area contributed by atoms with Gasteiger partial charge in [-0.25, -0.2) is 4.68 Å². The van der Waals surface area contributed by atoms with Gasteiger partial charge in [0.05, 0.1) is 10.5 Å². The number of anilines is 1. The number of carbonyl (C=O) groups is 1. The van der Waals surface area contributed by atoms with Crippen molar-refractivity contribution < 1.29 is 18.0 Å². The molecular weight excluding hydrogens is 433 g/mol. The molecule has 0 spiro atoms. The molecule has 1 aliphatic rings. The summed E-state index contributed by atoms with van der Waals surface area (Å²) in [5.41, 5.74) is -0.597. The highest BCUT2D eigenvalue weighted by Crippen LogP contribution is 2.46. The molecule has 0 saturated heterocycles. The Morgan fingerprint density at radius 3 is 2.65 bits per heavy atom. The Morgan fingerprint density at radius 2 is 2.12 bits per heavy atom. The van der Waals surface area contributed by atoms with E-state index in [9.17, 15) is 18.0 Å². The maximum Gasteiger partial charge on any atom is 0.410 e. The van der Waals surface area contributed by atoms with Gasteiger partial charge >= 0.3 is 6.18 Å². The first-order valence-corrected chi connectivity index (χ1v) is 9.62. The van der Waals surface area contributed by atoms with E-state index in [4.69, 9.17) is 0 Å². The van der Waals surface area contributed by atoms with E-state index in [1.807, 2.05) is 5.38 Å². The minimum Gasteiger partial charge on any atom is -0.362 e. The number of fused-ring (bicyclic) bond motifs is 1. The molecule has 0 aliphatic carbocycles. The Bertz CT molecular complexity index is 811. The van der Waals surface area contributed by atoms with E-state index >= 15 is 0 Å². The summed E-state index contributed by atoms with van der Waals surface area (Å²) in [5.74, 6) is -0.363. The highest BCUT2D eigenvalue weighted by molar-refractivity contribution is 9.10. The minimum atomic E-state index is -4.48. The summed E-state index contributed by atoms with van der Waals surface area (Å²) in [6, 6.07) is 1.29. The molecule has 0 bridgehead atoms. The number of alkyl halides is 3. The lowest BCUT2D eigenvalue weighted by Crippen LogP contribution is -2.41. The first-order valence-electron chi connectivity index (χ1n) is 7.94. The molecule has 26 heavy (non-hydrogen) atoms. The smallest absolute Gasteiger partial charge is 0.362 e. The molecular formula is C16H18BrF3N4OS. The van der Waals surface area contributed by atoms with Gasteiger partial charge in [0.2, 0.25) is 0 Å². The number of nitrogens with one attached hydrogen (secondary N) is 2. The predicted octanol–water partition coefficient (Wildman–Crippen LogP) is 4.90. The third-order valence-electron chi connectivity index (χ3n) is 3.89. The van der Waals surface area contributed by atoms with Crippen LogP contribution in [0.15, 0.2) is 22.0 Å². The van der Waals surface area contributed by atoms with Gasteiger partial charge in [0.1, 0.15) is 5.82 Å². The average molecular weight is 451 g/mol. The van der Waals surface area contributed by atoms with Gasteiger partial charge in [0.15, 0.2) is 11.7 Å². The number of halogens is 4. The maximum atomic E-state index is 13.6. The van der Waals surface area contributed by atoms with Crippen LogP contribution >= 0.6 is 27.3 Å². The molecule has 1 amide bonds. The Kier molecular flexibility index (Phi) is 4.85. The number of carbonyl (C=O) groups excluding carboxylic acids is 1. The predicted molar refractivity (Wildman–Crippen MR) is 97.5 cm³/mol. The van der Waals surface area contributed by atoms with Crippen molar-refractivity contribution in [2.45, 2.75) is 51.0 Å². The SMILES string of the molecule is CC(C)(C)NC(=O)c1nn2c(c1Br)NC(c1cccs1)CC2C(F)(F)F. The van der Waals surface area contributed by atoms with Crippen molar-refractivity contribution in [2.75, 3.05) is 5.32 Å². The Balaban J connectivity index is 2.03. The van der Waals surface area contributed by atoms with Gasteiger partial charge in [-0.05, 0) is 48.1 Å². The lowest BCUT2D eigenvalue weighted by molar-refractivity contribution is -0.173. The van der Waals surface area contributed by atoms with Crippen LogP contribution in [0.5, 0.6) is 0 Å². The Labute approximate surface area is 161 Å². The Hall–Kier alpha value is -1.55. The molecule has 0 aromatic carbocycles. The monoisotopic (exact) mass is 450 g/mol. The van der Waals surface area contributed by atoms with Gasteiger partial charge in [-0.2, -0.15) is 18.3 Å². The lowest BCUT2D eigenvalue weighted by atomic mass is 10.0. The van der Waals surface area contributed by atoms with Crippen LogP contribution < -0.4 is 10.6 Å². The first-order chi connectivity index (χ1) is 12.0. The largest absolute Gasteiger partial charge is 0.410 e. The average Bonchev–Trinajstić information content (AvgIpc) is 3.12. The molecule has 1 aliphatic heterocycles. The molecule has 2 unspecified atom stereocenters. The molecule has 2 N–H and O–H groups in total. The molecule has 2 atom stereocenters. The summed E-state index contributed by atoms with van der Waals surface area (Å²) in [6.45, 7) is 5.37. The Morgan fingerprint density at radius 1 is 1.42 bits per heavy atom. The second kappa shape index (κ2) is 6.56. The molecule has 3 heterocycles. The molecule has 0 fully saturated rings. The molecule has 5 nitrogen and oxygen atoms in total. The topological polar surface area (TPSA) is 59.0 Å². The van der Waals surface area contributed by atoms with Gasteiger partial charge in [-0.1, -0.05) is 6.07 Å². The molecule has 2 aromatic heterocycles. The van der Waals surface area contributed by atoms with Crippen LogP contribution in [0.1, 0.15) is 54.6 Å². The minimum absolute atomic E-state index is 0.0662. The van der Waals surface area contributed by atoms with E-state index in [1.165, 1.54) is 11.3 Å². The summed E-state index contributed by atoms with van der Waals surface area (Å²) < 4.78 is 42.0. The van der Waals surface area contributed by atoms with Gasteiger partial charge in [0, 0.05) is 16.8 Å². The van der Waals surface area contributed by atoms with Gasteiger partial charge < -0.3 is 10.6 Å². The normalized spacial score (nSPS) is 20.4. The van der Waals surface area contributed by atoms with Crippen LogP contribution in [0.25, 0.3) is 0 Å². The number of aromatic nitrogens is 2. The summed E-state index contributed by atoms with van der Waals surface area (Å²) in [7, 11) is 0. The zero-order valence-corrected chi connectivity index (χ0v) is 16.7. The number of nitrogens with zero attached hydrogens (tertiary/aromatic N) is 2. The number of rotatable bonds is 2. The highest BCUT2D eigenvalue weighted by Gasteiger charge is 2.48. The van der Waals surface area contributed by atoms with Crippen molar-refractivity contribution in [2.24, 2.45) is 0 Å². The van der Waals surface area contributed by atoms with Crippen LogP contribution in [-0.2, 0) is 0 Å². The van der Waals surface area contributed by atoms with Crippen molar-refractivity contribution >= 4 is 39.0 Å². The van der Waals surface area contributed by atoms with Gasteiger partial charge in [-0.3, -0.25) is 4.79 Å². The maximum absolute atomic E-state index is 13.6. The molecule has 0 radical (unpaired) electrons. The molecule has 2 aromatic rings. The highest BCUT2D eigenvalue weighted by atomic mass is 79.9. The summed E-state index contributed by atoms with van der Waals surface area (Å²) in [5, 5.41) is 11.6. The van der Waals surface area contributed by atoms with E-state index in [2.05, 4.69) is 31.7 Å². The third-order valence-corrected chi connectivity index (χ3v) is 5.62. The molecule has 3 rings (SSSR count). The fraction of sp³-hybridized carbons (Fsp3) is 0.500. The zero-order valence-electron chi connectivity index (χ0n) is 14.3. The molecule has 10 heteroatoms. The second-order valence-corrected chi connectivity index (χ2v) is 8.94. The van der Waals surface area contributed by atoms with Crippen LogP contribution in [0.2, 0.25) is 0 Å². The van der Waals surface area contributed by atoms with Crippen molar-refractivity contribution in [3.63, 3.8) is 0 Å². The summed E-state index contributed by atoms with van der Waals surface area (Å²) in [4.78, 5) is 13.2. The van der Waals surface area contributed by atoms with Crippen LogP contribution in [0.3, 0.4) is 0 Å². The summed E-state index contributed by atoms with van der Waals surface area (Å²) >= 11 is 4.65. The molecule has 0 saturated carbocycles. The fourth-order valence-electron chi connectivity index (χ4n) is 2.81. The number of hydrogen-bond acceptors (Lipinski definition) is 4. The van der Waals surface area contributed by atoms with Crippen molar-refractivity contribution in [3.8, 4) is 0 Å². The number of hydrogen-bond donors (Lipinski definition) is 2. The van der Waals surface area contributed by atoms with Gasteiger partial charge in [0.25, 0.3) is 5.91 Å². The zero-order chi connectivity index (χ0) is 19.3. The van der Waals surface area contributed by atoms with E-state index < -0.39 is 29.7 Å². The second-order valence-electron chi connectivity index (χ2n) is 7.17. The lowest BCUT2D eigenvalue weighted by Gasteiger charge is -2.33. The van der Waals surface area contributed by atoms with Crippen LogP contribution in [0.4, 0.5) is 19.0 Å². The van der Waals surface area contributed by atoms with E-state index in [0.717, 1.165) is 9.56 Å². The standard InChI is InChI=1S/C16H18BrF3N4OS/c1-15(2,3)22-14(25)12-11(17)13-21-8(9-5-4-6-26-9)7-10(16(18,19)20)24(13)23-12/h4-6,8,10,21H,7H2,1-3H3,(H,22,25). The van der Waals surface area contributed by atoms with E-state index in [-0.39, 0.29) is 22.4 Å².